The van der Waals surface area contributed by atoms with Crippen LogP contribution in [0.2, 0.25) is 0 Å². The first-order valence-electron chi connectivity index (χ1n) is 8.19. The molecule has 0 aromatic carbocycles. The fourth-order valence-electron chi connectivity index (χ4n) is 2.35. The van der Waals surface area contributed by atoms with Gasteiger partial charge in [-0.2, -0.15) is 0 Å². The van der Waals surface area contributed by atoms with E-state index in [-0.39, 0.29) is 13.2 Å². The number of aliphatic hydroxyl groups excluding tert-OH is 5. The van der Waals surface area contributed by atoms with Crippen molar-refractivity contribution in [1.29, 1.82) is 0 Å². The van der Waals surface area contributed by atoms with Crippen LogP contribution in [0.5, 0.6) is 0 Å². The average molecular weight is 338 g/mol. The summed E-state index contributed by atoms with van der Waals surface area (Å²) >= 11 is 0. The Morgan fingerprint density at radius 2 is 1.74 bits per heavy atom. The van der Waals surface area contributed by atoms with E-state index in [0.29, 0.717) is 6.61 Å². The van der Waals surface area contributed by atoms with E-state index in [4.69, 9.17) is 19.3 Å². The van der Waals surface area contributed by atoms with Gasteiger partial charge in [-0.05, 0) is 6.42 Å². The van der Waals surface area contributed by atoms with Crippen LogP contribution in [0.25, 0.3) is 0 Å². The molecule has 0 bridgehead atoms. The Morgan fingerprint density at radius 1 is 1.00 bits per heavy atom. The quantitative estimate of drug-likeness (QED) is 0.296. The predicted octanol–water partition coefficient (Wildman–Crippen LogP) is -1.24. The summed E-state index contributed by atoms with van der Waals surface area (Å²) in [7, 11) is 0. The molecule has 1 aliphatic heterocycles. The summed E-state index contributed by atoms with van der Waals surface area (Å²) in [6, 6.07) is 0. The number of unbranched alkanes of at least 4 members (excludes halogenated alkanes) is 3. The lowest BCUT2D eigenvalue weighted by molar-refractivity contribution is -0.315. The van der Waals surface area contributed by atoms with Gasteiger partial charge in [0.15, 0.2) is 6.29 Å². The Balaban J connectivity index is 2.38. The van der Waals surface area contributed by atoms with Crippen molar-refractivity contribution in [2.24, 2.45) is 0 Å². The van der Waals surface area contributed by atoms with Gasteiger partial charge in [0.25, 0.3) is 0 Å². The van der Waals surface area contributed by atoms with Crippen LogP contribution in [0, 0.1) is 0 Å². The highest BCUT2D eigenvalue weighted by Crippen LogP contribution is 2.22. The Kier molecular flexibility index (Phi) is 10.2. The van der Waals surface area contributed by atoms with Crippen molar-refractivity contribution >= 4 is 0 Å². The molecule has 0 aromatic rings. The molecule has 1 heterocycles. The van der Waals surface area contributed by atoms with Gasteiger partial charge in [0.05, 0.1) is 19.8 Å². The normalized spacial score (nSPS) is 32.9. The zero-order chi connectivity index (χ0) is 17.2. The highest BCUT2D eigenvalue weighted by Gasteiger charge is 2.44. The first-order valence-corrected chi connectivity index (χ1v) is 8.19. The molecule has 5 N–H and O–H groups in total. The Labute approximate surface area is 136 Å². The number of hydrogen-bond acceptors (Lipinski definition) is 8. The molecule has 23 heavy (non-hydrogen) atoms. The first-order chi connectivity index (χ1) is 11.0. The van der Waals surface area contributed by atoms with Crippen molar-refractivity contribution < 1.29 is 39.7 Å². The van der Waals surface area contributed by atoms with E-state index in [2.05, 4.69) is 6.92 Å². The monoisotopic (exact) mass is 338 g/mol. The summed E-state index contributed by atoms with van der Waals surface area (Å²) in [5.41, 5.74) is 0. The molecule has 6 atom stereocenters. The van der Waals surface area contributed by atoms with Crippen LogP contribution >= 0.6 is 0 Å². The van der Waals surface area contributed by atoms with E-state index < -0.39 is 43.4 Å². The van der Waals surface area contributed by atoms with Gasteiger partial charge in [-0.3, -0.25) is 0 Å². The molecular formula is C15H30O8. The Bertz CT molecular complexity index is 301. The molecule has 8 nitrogen and oxygen atoms in total. The molecule has 1 unspecified atom stereocenters. The molecule has 1 rings (SSSR count). The molecule has 0 radical (unpaired) electrons. The molecule has 1 saturated heterocycles. The highest BCUT2D eigenvalue weighted by atomic mass is 16.7. The lowest BCUT2D eigenvalue weighted by Crippen LogP contribution is -2.60. The molecule has 0 spiro atoms. The van der Waals surface area contributed by atoms with Gasteiger partial charge in [-0.15, -0.1) is 0 Å². The molecular weight excluding hydrogens is 308 g/mol. The van der Waals surface area contributed by atoms with Gasteiger partial charge < -0.3 is 39.7 Å². The molecule has 1 aliphatic rings. The lowest BCUT2D eigenvalue weighted by atomic mass is 9.99. The smallest absolute Gasteiger partial charge is 0.187 e. The van der Waals surface area contributed by atoms with Crippen LogP contribution in [0.3, 0.4) is 0 Å². The van der Waals surface area contributed by atoms with Crippen LogP contribution < -0.4 is 0 Å². The van der Waals surface area contributed by atoms with Gasteiger partial charge in [-0.25, -0.2) is 0 Å². The third kappa shape index (κ3) is 6.60. The van der Waals surface area contributed by atoms with Crippen molar-refractivity contribution in [3.05, 3.63) is 0 Å². The van der Waals surface area contributed by atoms with Crippen molar-refractivity contribution in [1.82, 2.24) is 0 Å². The zero-order valence-corrected chi connectivity index (χ0v) is 13.6. The summed E-state index contributed by atoms with van der Waals surface area (Å²) in [5.74, 6) is 0. The number of hydrogen-bond donors (Lipinski definition) is 5. The summed E-state index contributed by atoms with van der Waals surface area (Å²) in [6.07, 6.45) is -3.15. The van der Waals surface area contributed by atoms with E-state index in [0.717, 1.165) is 25.7 Å². The molecule has 0 aliphatic carbocycles. The van der Waals surface area contributed by atoms with Crippen LogP contribution in [-0.4, -0.2) is 88.8 Å². The summed E-state index contributed by atoms with van der Waals surface area (Å²) in [5, 5.41) is 47.7. The fraction of sp³-hybridized carbons (Fsp3) is 1.00. The second kappa shape index (κ2) is 11.3. The fourth-order valence-corrected chi connectivity index (χ4v) is 2.35. The van der Waals surface area contributed by atoms with Crippen LogP contribution in [0.4, 0.5) is 0 Å². The molecule has 0 amide bonds. The van der Waals surface area contributed by atoms with Gasteiger partial charge in [0.1, 0.15) is 30.5 Å². The molecule has 1 fully saturated rings. The SMILES string of the molecule is CCCCCCOCC(CO)O[C@@H]1O[C@H](CO)[C@H](O)[C@H](O)[C@H]1O. The van der Waals surface area contributed by atoms with Gasteiger partial charge in [-0.1, -0.05) is 26.2 Å². The standard InChI is InChI=1S/C15H30O8/c1-2-3-4-5-6-21-9-10(7-16)22-15-14(20)13(19)12(18)11(8-17)23-15/h10-20H,2-9H2,1H3/t10?,11-,12+,13+,14-,15-/m1/s1. The summed E-state index contributed by atoms with van der Waals surface area (Å²) in [6.45, 7) is 1.93. The molecule has 0 aromatic heterocycles. The topological polar surface area (TPSA) is 129 Å². The van der Waals surface area contributed by atoms with Crippen molar-refractivity contribution in [2.45, 2.75) is 69.4 Å². The highest BCUT2D eigenvalue weighted by molar-refractivity contribution is 4.89. The first kappa shape index (κ1) is 20.7. The Morgan fingerprint density at radius 3 is 2.35 bits per heavy atom. The van der Waals surface area contributed by atoms with Crippen LogP contribution in [0.15, 0.2) is 0 Å². The molecule has 8 heteroatoms. The van der Waals surface area contributed by atoms with E-state index in [1.165, 1.54) is 0 Å². The average Bonchev–Trinajstić information content (AvgIpc) is 2.56. The molecule has 0 saturated carbocycles. The maximum atomic E-state index is 9.87. The second-order valence-corrected chi connectivity index (χ2v) is 5.77. The second-order valence-electron chi connectivity index (χ2n) is 5.77. The number of aliphatic hydroxyl groups is 5. The summed E-state index contributed by atoms with van der Waals surface area (Å²) in [4.78, 5) is 0. The van der Waals surface area contributed by atoms with Crippen molar-refractivity contribution in [3.63, 3.8) is 0 Å². The minimum atomic E-state index is -1.50. The van der Waals surface area contributed by atoms with Crippen molar-refractivity contribution in [2.75, 3.05) is 26.4 Å². The van der Waals surface area contributed by atoms with E-state index in [1.807, 2.05) is 0 Å². The van der Waals surface area contributed by atoms with E-state index in [9.17, 15) is 20.4 Å². The number of rotatable bonds is 11. The predicted molar refractivity (Wildman–Crippen MR) is 80.7 cm³/mol. The number of ether oxygens (including phenoxy) is 3. The maximum absolute atomic E-state index is 9.87. The third-order valence-electron chi connectivity index (χ3n) is 3.82. The van der Waals surface area contributed by atoms with E-state index in [1.54, 1.807) is 0 Å². The Hall–Kier alpha value is -0.320. The van der Waals surface area contributed by atoms with Crippen molar-refractivity contribution in [3.8, 4) is 0 Å². The van der Waals surface area contributed by atoms with Crippen LogP contribution in [-0.2, 0) is 14.2 Å². The lowest BCUT2D eigenvalue weighted by Gasteiger charge is -2.40. The maximum Gasteiger partial charge on any atom is 0.187 e. The van der Waals surface area contributed by atoms with E-state index >= 15 is 0 Å². The third-order valence-corrected chi connectivity index (χ3v) is 3.82. The van der Waals surface area contributed by atoms with Gasteiger partial charge in [0, 0.05) is 6.61 Å². The molecule has 138 valence electrons. The summed E-state index contributed by atoms with van der Waals surface area (Å²) < 4.78 is 16.1. The van der Waals surface area contributed by atoms with Gasteiger partial charge >= 0.3 is 0 Å². The zero-order valence-electron chi connectivity index (χ0n) is 13.6. The van der Waals surface area contributed by atoms with Crippen LogP contribution in [0.1, 0.15) is 32.6 Å². The largest absolute Gasteiger partial charge is 0.394 e. The minimum Gasteiger partial charge on any atom is -0.394 e. The minimum absolute atomic E-state index is 0.123. The van der Waals surface area contributed by atoms with Gasteiger partial charge in [0.2, 0.25) is 0 Å².